The lowest BCUT2D eigenvalue weighted by molar-refractivity contribution is -0.117. The molecule has 0 N–H and O–H groups in total. The summed E-state index contributed by atoms with van der Waals surface area (Å²) in [5, 5.41) is 0. The molecule has 0 bridgehead atoms. The summed E-state index contributed by atoms with van der Waals surface area (Å²) in [5.41, 5.74) is -0.0145. The molecule has 0 saturated heterocycles. The van der Waals surface area contributed by atoms with E-state index in [4.69, 9.17) is 4.74 Å². The zero-order chi connectivity index (χ0) is 11.0. The van der Waals surface area contributed by atoms with E-state index in [2.05, 4.69) is 20.8 Å². The van der Waals surface area contributed by atoms with Gasteiger partial charge < -0.3 is 9.53 Å². The van der Waals surface area contributed by atoms with Gasteiger partial charge in [0.05, 0.1) is 5.60 Å². The average molecular weight is 200 g/mol. The molecule has 0 atom stereocenters. The first-order valence-electron chi connectivity index (χ1n) is 5.55. The van der Waals surface area contributed by atoms with Crippen molar-refractivity contribution in [1.29, 1.82) is 0 Å². The van der Waals surface area contributed by atoms with E-state index in [0.717, 1.165) is 32.3 Å². The van der Waals surface area contributed by atoms with Gasteiger partial charge in [0.15, 0.2) is 0 Å². The number of ether oxygens (including phenoxy) is 1. The first-order valence-corrected chi connectivity index (χ1v) is 5.55. The van der Waals surface area contributed by atoms with E-state index in [-0.39, 0.29) is 5.60 Å². The highest BCUT2D eigenvalue weighted by Crippen LogP contribution is 2.09. The summed E-state index contributed by atoms with van der Waals surface area (Å²) in [4.78, 5) is 10.6. The van der Waals surface area contributed by atoms with Crippen LogP contribution in [-0.4, -0.2) is 18.0 Å². The molecule has 0 aromatic rings. The number of rotatable bonds is 7. The van der Waals surface area contributed by atoms with Gasteiger partial charge in [0.25, 0.3) is 0 Å². The van der Waals surface area contributed by atoms with Gasteiger partial charge in [-0.05, 0) is 40.5 Å². The molecule has 84 valence electrons. The Labute approximate surface area is 88.0 Å². The number of carbonyl (C=O) groups excluding carboxylic acids is 1. The van der Waals surface area contributed by atoms with Crippen molar-refractivity contribution in [1.82, 2.24) is 0 Å². The smallest absolute Gasteiger partial charge is 0.129 e. The van der Waals surface area contributed by atoms with Gasteiger partial charge in [-0.2, -0.15) is 0 Å². The minimum atomic E-state index is -0.0145. The van der Waals surface area contributed by atoms with E-state index in [1.54, 1.807) is 6.92 Å². The van der Waals surface area contributed by atoms with Gasteiger partial charge in [-0.25, -0.2) is 0 Å². The van der Waals surface area contributed by atoms with Crippen molar-refractivity contribution in [3.8, 4) is 0 Å². The van der Waals surface area contributed by atoms with E-state index in [9.17, 15) is 4.79 Å². The molecule has 0 saturated carbocycles. The summed E-state index contributed by atoms with van der Waals surface area (Å²) < 4.78 is 5.59. The minimum absolute atomic E-state index is 0.0145. The molecule has 0 rings (SSSR count). The zero-order valence-corrected chi connectivity index (χ0v) is 10.1. The predicted octanol–water partition coefficient (Wildman–Crippen LogP) is 3.34. The summed E-state index contributed by atoms with van der Waals surface area (Å²) in [7, 11) is 0. The summed E-state index contributed by atoms with van der Waals surface area (Å²) >= 11 is 0. The number of ketones is 1. The van der Waals surface area contributed by atoms with Crippen molar-refractivity contribution in [3.05, 3.63) is 0 Å². The van der Waals surface area contributed by atoms with Crippen LogP contribution in [0.3, 0.4) is 0 Å². The van der Waals surface area contributed by atoms with Crippen LogP contribution < -0.4 is 0 Å². The maximum Gasteiger partial charge on any atom is 0.129 e. The van der Waals surface area contributed by atoms with Crippen LogP contribution in [0.1, 0.15) is 59.8 Å². The van der Waals surface area contributed by atoms with Gasteiger partial charge in [0.1, 0.15) is 5.78 Å². The fourth-order valence-electron chi connectivity index (χ4n) is 1.21. The molecule has 0 heterocycles. The molecule has 0 aromatic heterocycles. The number of hydrogen-bond acceptors (Lipinski definition) is 2. The molecule has 0 fully saturated rings. The first-order chi connectivity index (χ1) is 6.42. The Morgan fingerprint density at radius 1 is 1.07 bits per heavy atom. The van der Waals surface area contributed by atoms with Crippen molar-refractivity contribution < 1.29 is 9.53 Å². The highest BCUT2D eigenvalue weighted by atomic mass is 16.5. The standard InChI is InChI=1S/C12H24O2/c1-11(13)9-7-5-6-8-10-14-12(2,3)4/h5-10H2,1-4H3. The molecule has 2 heteroatoms. The van der Waals surface area contributed by atoms with E-state index in [1.807, 2.05) is 0 Å². The third kappa shape index (κ3) is 11.6. The molecule has 0 aromatic carbocycles. The SMILES string of the molecule is CC(=O)CCCCCCOC(C)(C)C. The molecule has 0 amide bonds. The molecular weight excluding hydrogens is 176 g/mol. The first kappa shape index (κ1) is 13.6. The van der Waals surface area contributed by atoms with Gasteiger partial charge in [0.2, 0.25) is 0 Å². The third-order valence-electron chi connectivity index (χ3n) is 1.96. The molecule has 0 radical (unpaired) electrons. The molecule has 0 aliphatic carbocycles. The lowest BCUT2D eigenvalue weighted by Gasteiger charge is -2.19. The second kappa shape index (κ2) is 6.99. The number of unbranched alkanes of at least 4 members (excludes halogenated alkanes) is 3. The minimum Gasteiger partial charge on any atom is -0.376 e. The Kier molecular flexibility index (Phi) is 6.81. The molecule has 0 spiro atoms. The summed E-state index contributed by atoms with van der Waals surface area (Å²) in [6.45, 7) is 8.71. The summed E-state index contributed by atoms with van der Waals surface area (Å²) in [6.07, 6.45) is 5.19. The van der Waals surface area contributed by atoms with Crippen molar-refractivity contribution >= 4 is 5.78 Å². The Morgan fingerprint density at radius 2 is 1.64 bits per heavy atom. The van der Waals surface area contributed by atoms with Crippen LogP contribution in [0.2, 0.25) is 0 Å². The molecule has 0 aliphatic rings. The number of hydrogen-bond donors (Lipinski definition) is 0. The Hall–Kier alpha value is -0.370. The molecule has 0 aliphatic heterocycles. The highest BCUT2D eigenvalue weighted by molar-refractivity contribution is 5.75. The Bertz CT molecular complexity index is 156. The third-order valence-corrected chi connectivity index (χ3v) is 1.96. The Morgan fingerprint density at radius 3 is 2.14 bits per heavy atom. The number of Topliss-reactive ketones (excluding diaryl/α,β-unsaturated/α-hetero) is 1. The van der Waals surface area contributed by atoms with Crippen LogP contribution in [0.4, 0.5) is 0 Å². The van der Waals surface area contributed by atoms with Crippen LogP contribution in [-0.2, 0) is 9.53 Å². The van der Waals surface area contributed by atoms with Crippen molar-refractivity contribution in [2.75, 3.05) is 6.61 Å². The monoisotopic (exact) mass is 200 g/mol. The van der Waals surface area contributed by atoms with Crippen LogP contribution in [0.25, 0.3) is 0 Å². The zero-order valence-electron chi connectivity index (χ0n) is 10.1. The maximum atomic E-state index is 10.6. The van der Waals surface area contributed by atoms with Crippen molar-refractivity contribution in [2.24, 2.45) is 0 Å². The highest BCUT2D eigenvalue weighted by Gasteiger charge is 2.08. The maximum absolute atomic E-state index is 10.6. The lowest BCUT2D eigenvalue weighted by atomic mass is 10.1. The summed E-state index contributed by atoms with van der Waals surface area (Å²) in [6, 6.07) is 0. The van der Waals surface area contributed by atoms with Crippen molar-refractivity contribution in [3.63, 3.8) is 0 Å². The van der Waals surface area contributed by atoms with Gasteiger partial charge >= 0.3 is 0 Å². The largest absolute Gasteiger partial charge is 0.376 e. The summed E-state index contributed by atoms with van der Waals surface area (Å²) in [5.74, 6) is 0.302. The van der Waals surface area contributed by atoms with E-state index in [1.165, 1.54) is 6.42 Å². The van der Waals surface area contributed by atoms with E-state index >= 15 is 0 Å². The second-order valence-electron chi connectivity index (χ2n) is 4.83. The van der Waals surface area contributed by atoms with Crippen LogP contribution in [0.5, 0.6) is 0 Å². The number of carbonyl (C=O) groups is 1. The molecular formula is C12H24O2. The predicted molar refractivity (Wildman–Crippen MR) is 59.5 cm³/mol. The molecule has 0 unspecified atom stereocenters. The fourth-order valence-corrected chi connectivity index (χ4v) is 1.21. The average Bonchev–Trinajstić information content (AvgIpc) is 2.00. The van der Waals surface area contributed by atoms with Gasteiger partial charge in [-0.15, -0.1) is 0 Å². The van der Waals surface area contributed by atoms with Gasteiger partial charge in [0, 0.05) is 13.0 Å². The van der Waals surface area contributed by atoms with Crippen LogP contribution in [0.15, 0.2) is 0 Å². The van der Waals surface area contributed by atoms with Crippen LogP contribution in [0, 0.1) is 0 Å². The topological polar surface area (TPSA) is 26.3 Å². The van der Waals surface area contributed by atoms with E-state index < -0.39 is 0 Å². The van der Waals surface area contributed by atoms with E-state index in [0.29, 0.717) is 5.78 Å². The lowest BCUT2D eigenvalue weighted by Crippen LogP contribution is -2.19. The van der Waals surface area contributed by atoms with Gasteiger partial charge in [-0.3, -0.25) is 0 Å². The quantitative estimate of drug-likeness (QED) is 0.589. The Balaban J connectivity index is 3.11. The second-order valence-corrected chi connectivity index (χ2v) is 4.83. The normalized spacial score (nSPS) is 11.7. The van der Waals surface area contributed by atoms with Crippen molar-refractivity contribution in [2.45, 2.75) is 65.4 Å². The van der Waals surface area contributed by atoms with Crippen LogP contribution >= 0.6 is 0 Å². The van der Waals surface area contributed by atoms with Gasteiger partial charge in [-0.1, -0.05) is 12.8 Å². The molecule has 14 heavy (non-hydrogen) atoms. The fraction of sp³-hybridized carbons (Fsp3) is 0.917. The molecule has 2 nitrogen and oxygen atoms in total.